The Labute approximate surface area is 132 Å². The standard InChI is InChI=1S/C13H17BrFN3O.ClH/c14-12-9-10(15)1-2-11(12)13(19)17-5-8-18-6-3-16-4-7-18;/h1-2,9,16H,3-8H2,(H,17,19);1H. The van der Waals surface area contributed by atoms with Gasteiger partial charge in [-0.15, -0.1) is 12.4 Å². The van der Waals surface area contributed by atoms with Crippen molar-refractivity contribution in [1.29, 1.82) is 0 Å². The molecule has 1 aromatic carbocycles. The summed E-state index contributed by atoms with van der Waals surface area (Å²) < 4.78 is 13.4. The maximum absolute atomic E-state index is 12.9. The lowest BCUT2D eigenvalue weighted by Crippen LogP contribution is -2.46. The highest BCUT2D eigenvalue weighted by molar-refractivity contribution is 9.10. The van der Waals surface area contributed by atoms with Crippen LogP contribution in [0.25, 0.3) is 0 Å². The normalized spacial score (nSPS) is 15.5. The zero-order valence-electron chi connectivity index (χ0n) is 11.0. The summed E-state index contributed by atoms with van der Waals surface area (Å²) >= 11 is 3.20. The molecule has 1 amide bonds. The Morgan fingerprint density at radius 2 is 2.10 bits per heavy atom. The summed E-state index contributed by atoms with van der Waals surface area (Å²) in [5, 5.41) is 6.13. The zero-order chi connectivity index (χ0) is 13.7. The first-order chi connectivity index (χ1) is 9.16. The van der Waals surface area contributed by atoms with Crippen LogP contribution in [0.3, 0.4) is 0 Å². The van der Waals surface area contributed by atoms with E-state index in [1.807, 2.05) is 0 Å². The second-order valence-electron chi connectivity index (χ2n) is 4.47. The average molecular weight is 367 g/mol. The van der Waals surface area contributed by atoms with Crippen LogP contribution in [0.4, 0.5) is 4.39 Å². The molecule has 0 atom stereocenters. The highest BCUT2D eigenvalue weighted by Crippen LogP contribution is 2.17. The summed E-state index contributed by atoms with van der Waals surface area (Å²) in [6.45, 7) is 5.45. The highest BCUT2D eigenvalue weighted by atomic mass is 79.9. The second-order valence-corrected chi connectivity index (χ2v) is 5.33. The first kappa shape index (κ1) is 17.4. The van der Waals surface area contributed by atoms with E-state index in [2.05, 4.69) is 31.5 Å². The summed E-state index contributed by atoms with van der Waals surface area (Å²) in [5.41, 5.74) is 0.460. The molecule has 0 aliphatic carbocycles. The third kappa shape index (κ3) is 5.01. The molecule has 1 aliphatic rings. The van der Waals surface area contributed by atoms with Crippen molar-refractivity contribution < 1.29 is 9.18 Å². The summed E-state index contributed by atoms with van der Waals surface area (Å²) in [7, 11) is 0. The minimum Gasteiger partial charge on any atom is -0.351 e. The molecule has 1 saturated heterocycles. The number of nitrogens with one attached hydrogen (secondary N) is 2. The van der Waals surface area contributed by atoms with Gasteiger partial charge in [-0.25, -0.2) is 4.39 Å². The van der Waals surface area contributed by atoms with Gasteiger partial charge in [0.1, 0.15) is 5.82 Å². The molecule has 7 heteroatoms. The molecule has 0 spiro atoms. The SMILES string of the molecule is Cl.O=C(NCCN1CCNCC1)c1ccc(F)cc1Br. The minimum atomic E-state index is -0.357. The van der Waals surface area contributed by atoms with Gasteiger partial charge in [-0.1, -0.05) is 0 Å². The van der Waals surface area contributed by atoms with Crippen molar-refractivity contribution in [3.63, 3.8) is 0 Å². The quantitative estimate of drug-likeness (QED) is 0.851. The van der Waals surface area contributed by atoms with E-state index in [9.17, 15) is 9.18 Å². The smallest absolute Gasteiger partial charge is 0.252 e. The molecule has 2 rings (SSSR count). The van der Waals surface area contributed by atoms with Crippen molar-refractivity contribution >= 4 is 34.2 Å². The summed E-state index contributed by atoms with van der Waals surface area (Å²) in [4.78, 5) is 14.2. The first-order valence-corrected chi connectivity index (χ1v) is 7.12. The van der Waals surface area contributed by atoms with E-state index in [4.69, 9.17) is 0 Å². The third-order valence-electron chi connectivity index (χ3n) is 3.10. The zero-order valence-corrected chi connectivity index (χ0v) is 13.4. The van der Waals surface area contributed by atoms with Crippen molar-refractivity contribution in [2.24, 2.45) is 0 Å². The Hall–Kier alpha value is -0.690. The van der Waals surface area contributed by atoms with E-state index < -0.39 is 0 Å². The molecule has 0 aromatic heterocycles. The van der Waals surface area contributed by atoms with Crippen LogP contribution in [0.5, 0.6) is 0 Å². The number of piperazine rings is 1. The minimum absolute atomic E-state index is 0. The van der Waals surface area contributed by atoms with Crippen LogP contribution in [-0.4, -0.2) is 50.1 Å². The van der Waals surface area contributed by atoms with Gasteiger partial charge >= 0.3 is 0 Å². The summed E-state index contributed by atoms with van der Waals surface area (Å²) in [5.74, 6) is -0.536. The number of benzene rings is 1. The molecular weight excluding hydrogens is 349 g/mol. The van der Waals surface area contributed by atoms with Crippen molar-refractivity contribution in [1.82, 2.24) is 15.5 Å². The van der Waals surface area contributed by atoms with Crippen LogP contribution >= 0.6 is 28.3 Å². The Morgan fingerprint density at radius 3 is 2.75 bits per heavy atom. The number of hydrogen-bond donors (Lipinski definition) is 2. The molecular formula is C13H18BrClFN3O. The Balaban J connectivity index is 0.00000200. The molecule has 2 N–H and O–H groups in total. The number of nitrogens with zero attached hydrogens (tertiary/aromatic N) is 1. The lowest BCUT2D eigenvalue weighted by Gasteiger charge is -2.27. The van der Waals surface area contributed by atoms with Gasteiger partial charge < -0.3 is 10.6 Å². The maximum Gasteiger partial charge on any atom is 0.252 e. The van der Waals surface area contributed by atoms with Gasteiger partial charge in [-0.3, -0.25) is 9.69 Å². The van der Waals surface area contributed by atoms with Gasteiger partial charge in [0.2, 0.25) is 0 Å². The average Bonchev–Trinajstić information content (AvgIpc) is 2.39. The Bertz CT molecular complexity index is 455. The van der Waals surface area contributed by atoms with Gasteiger partial charge in [0.15, 0.2) is 0 Å². The van der Waals surface area contributed by atoms with E-state index >= 15 is 0 Å². The number of halogens is 3. The molecule has 1 aromatic rings. The van der Waals surface area contributed by atoms with E-state index in [1.54, 1.807) is 0 Å². The van der Waals surface area contributed by atoms with Gasteiger partial charge in [0.05, 0.1) is 5.56 Å². The third-order valence-corrected chi connectivity index (χ3v) is 3.76. The molecule has 0 bridgehead atoms. The van der Waals surface area contributed by atoms with Gasteiger partial charge in [-0.05, 0) is 34.1 Å². The van der Waals surface area contributed by atoms with Crippen molar-refractivity contribution in [2.75, 3.05) is 39.3 Å². The van der Waals surface area contributed by atoms with Crippen molar-refractivity contribution in [3.8, 4) is 0 Å². The Kier molecular flexibility index (Phi) is 7.43. The molecule has 112 valence electrons. The van der Waals surface area contributed by atoms with E-state index in [0.29, 0.717) is 16.6 Å². The number of hydrogen-bond acceptors (Lipinski definition) is 3. The fourth-order valence-corrected chi connectivity index (χ4v) is 2.56. The molecule has 1 aliphatic heterocycles. The fourth-order valence-electron chi connectivity index (χ4n) is 2.03. The topological polar surface area (TPSA) is 44.4 Å². The first-order valence-electron chi connectivity index (χ1n) is 6.33. The monoisotopic (exact) mass is 365 g/mol. The van der Waals surface area contributed by atoms with Crippen LogP contribution in [0, 0.1) is 5.82 Å². The van der Waals surface area contributed by atoms with Gasteiger partial charge in [0.25, 0.3) is 5.91 Å². The van der Waals surface area contributed by atoms with Crippen LogP contribution in [0.1, 0.15) is 10.4 Å². The predicted octanol–water partition coefficient (Wildman–Crippen LogP) is 1.65. The number of amides is 1. The van der Waals surface area contributed by atoms with Crippen molar-refractivity contribution in [2.45, 2.75) is 0 Å². The van der Waals surface area contributed by atoms with Crippen molar-refractivity contribution in [3.05, 3.63) is 34.1 Å². The fraction of sp³-hybridized carbons (Fsp3) is 0.462. The molecule has 1 fully saturated rings. The Morgan fingerprint density at radius 1 is 1.40 bits per heavy atom. The maximum atomic E-state index is 12.9. The lowest BCUT2D eigenvalue weighted by molar-refractivity contribution is 0.0946. The molecule has 0 radical (unpaired) electrons. The van der Waals surface area contributed by atoms with Crippen LogP contribution in [-0.2, 0) is 0 Å². The predicted molar refractivity (Wildman–Crippen MR) is 83.0 cm³/mol. The summed E-state index contributed by atoms with van der Waals surface area (Å²) in [6, 6.07) is 4.07. The van der Waals surface area contributed by atoms with E-state index in [0.717, 1.165) is 32.7 Å². The highest BCUT2D eigenvalue weighted by Gasteiger charge is 2.12. The van der Waals surface area contributed by atoms with Gasteiger partial charge in [-0.2, -0.15) is 0 Å². The van der Waals surface area contributed by atoms with E-state index in [1.165, 1.54) is 18.2 Å². The van der Waals surface area contributed by atoms with E-state index in [-0.39, 0.29) is 24.1 Å². The molecule has 20 heavy (non-hydrogen) atoms. The van der Waals surface area contributed by atoms with Crippen LogP contribution in [0.15, 0.2) is 22.7 Å². The molecule has 1 heterocycles. The molecule has 4 nitrogen and oxygen atoms in total. The second kappa shape index (κ2) is 8.56. The molecule has 0 saturated carbocycles. The largest absolute Gasteiger partial charge is 0.351 e. The molecule has 0 unspecified atom stereocenters. The van der Waals surface area contributed by atoms with Crippen LogP contribution in [0.2, 0.25) is 0 Å². The number of carbonyl (C=O) groups excluding carboxylic acids is 1. The number of carbonyl (C=O) groups is 1. The van der Waals surface area contributed by atoms with Crippen LogP contribution < -0.4 is 10.6 Å². The van der Waals surface area contributed by atoms with Gasteiger partial charge in [0, 0.05) is 43.7 Å². The summed E-state index contributed by atoms with van der Waals surface area (Å²) in [6.07, 6.45) is 0. The number of rotatable bonds is 4. The lowest BCUT2D eigenvalue weighted by atomic mass is 10.2.